The van der Waals surface area contributed by atoms with Crippen LogP contribution in [0, 0.1) is 0 Å². The van der Waals surface area contributed by atoms with Gasteiger partial charge in [0, 0.05) is 18.9 Å². The summed E-state index contributed by atoms with van der Waals surface area (Å²) in [4.78, 5) is 4.12. The summed E-state index contributed by atoms with van der Waals surface area (Å²) in [6, 6.07) is 1.12. The van der Waals surface area contributed by atoms with Crippen molar-refractivity contribution in [3.8, 4) is 0 Å². The molecule has 0 bridgehead atoms. The van der Waals surface area contributed by atoms with Gasteiger partial charge >= 0.3 is 0 Å². The molecule has 0 radical (unpaired) electrons. The Morgan fingerprint density at radius 2 is 2.50 bits per heavy atom. The van der Waals surface area contributed by atoms with Gasteiger partial charge in [-0.05, 0) is 0 Å². The molecule has 2 atom stereocenters. The van der Waals surface area contributed by atoms with Crippen LogP contribution in [0.3, 0.4) is 0 Å². The lowest BCUT2D eigenvalue weighted by Gasteiger charge is -2.02. The van der Waals surface area contributed by atoms with Gasteiger partial charge < -0.3 is 0 Å². The highest BCUT2D eigenvalue weighted by atomic mass is 15.2. The minimum absolute atomic E-state index is 0.523. The first-order valence-electron chi connectivity index (χ1n) is 2.93. The van der Waals surface area contributed by atoms with E-state index in [0.717, 1.165) is 13.2 Å². The number of fused-ring (bicyclic) bond motifs is 1. The Hall–Kier alpha value is -0.410. The van der Waals surface area contributed by atoms with Crippen molar-refractivity contribution >= 4 is 6.21 Å². The predicted molar refractivity (Wildman–Crippen MR) is 32.1 cm³/mol. The summed E-state index contributed by atoms with van der Waals surface area (Å²) in [5.74, 6) is 0. The predicted octanol–water partition coefficient (Wildman–Crippen LogP) is -1.04. The van der Waals surface area contributed by atoms with Crippen LogP contribution in [0.4, 0.5) is 0 Å². The van der Waals surface area contributed by atoms with Gasteiger partial charge in [-0.1, -0.05) is 0 Å². The van der Waals surface area contributed by atoms with E-state index < -0.39 is 0 Å². The van der Waals surface area contributed by atoms with Crippen LogP contribution in [0.25, 0.3) is 0 Å². The van der Waals surface area contributed by atoms with Crippen LogP contribution < -0.4 is 10.6 Å². The SMILES string of the molecule is C1=NCC2NCNC12. The molecule has 0 spiro atoms. The molecule has 0 aromatic heterocycles. The smallest absolute Gasteiger partial charge is 0.0604 e. The number of nitrogens with one attached hydrogen (secondary N) is 2. The molecule has 0 amide bonds. The van der Waals surface area contributed by atoms with Crippen molar-refractivity contribution in [3.63, 3.8) is 0 Å². The largest absolute Gasteiger partial charge is 0.298 e. The Labute approximate surface area is 48.2 Å². The maximum absolute atomic E-state index is 4.12. The van der Waals surface area contributed by atoms with Crippen LogP contribution >= 0.6 is 0 Å². The van der Waals surface area contributed by atoms with E-state index in [9.17, 15) is 0 Å². The summed E-state index contributed by atoms with van der Waals surface area (Å²) in [6.07, 6.45) is 1.99. The van der Waals surface area contributed by atoms with Crippen molar-refractivity contribution in [2.45, 2.75) is 12.1 Å². The first-order chi connectivity index (χ1) is 3.97. The van der Waals surface area contributed by atoms with Crippen LogP contribution in [0.5, 0.6) is 0 Å². The summed E-state index contributed by atoms with van der Waals surface area (Å²) in [7, 11) is 0. The lowest BCUT2D eigenvalue weighted by Crippen LogP contribution is -2.31. The summed E-state index contributed by atoms with van der Waals surface area (Å²) < 4.78 is 0. The number of hydrogen-bond donors (Lipinski definition) is 2. The quantitative estimate of drug-likeness (QED) is 0.419. The molecule has 8 heavy (non-hydrogen) atoms. The van der Waals surface area contributed by atoms with Crippen LogP contribution in [0.1, 0.15) is 0 Å². The minimum atomic E-state index is 0.523. The van der Waals surface area contributed by atoms with E-state index in [0.29, 0.717) is 12.1 Å². The number of hydrogen-bond acceptors (Lipinski definition) is 3. The van der Waals surface area contributed by atoms with E-state index in [1.54, 1.807) is 0 Å². The maximum Gasteiger partial charge on any atom is 0.0604 e. The van der Waals surface area contributed by atoms with Crippen molar-refractivity contribution in [2.24, 2.45) is 4.99 Å². The van der Waals surface area contributed by atoms with Crippen molar-refractivity contribution in [1.82, 2.24) is 10.6 Å². The molecular weight excluding hydrogens is 102 g/mol. The molecular formula is C5H9N3. The van der Waals surface area contributed by atoms with Gasteiger partial charge in [-0.15, -0.1) is 0 Å². The number of nitrogens with zero attached hydrogens (tertiary/aromatic N) is 1. The highest BCUT2D eigenvalue weighted by molar-refractivity contribution is 5.68. The lowest BCUT2D eigenvalue weighted by molar-refractivity contribution is 0.640. The first kappa shape index (κ1) is 4.47. The molecule has 0 aliphatic carbocycles. The molecule has 3 heteroatoms. The zero-order chi connectivity index (χ0) is 5.40. The molecule has 2 aliphatic rings. The van der Waals surface area contributed by atoms with Gasteiger partial charge in [0.25, 0.3) is 0 Å². The molecule has 1 fully saturated rings. The highest BCUT2D eigenvalue weighted by Gasteiger charge is 2.27. The second-order valence-electron chi connectivity index (χ2n) is 2.23. The fourth-order valence-electron chi connectivity index (χ4n) is 1.20. The van der Waals surface area contributed by atoms with Crippen LogP contribution in [-0.4, -0.2) is 31.5 Å². The summed E-state index contributed by atoms with van der Waals surface area (Å²) >= 11 is 0. The Bertz CT molecular complexity index is 121. The van der Waals surface area contributed by atoms with Gasteiger partial charge in [0.05, 0.1) is 12.6 Å². The van der Waals surface area contributed by atoms with Gasteiger partial charge in [-0.25, -0.2) is 0 Å². The van der Waals surface area contributed by atoms with Crippen LogP contribution in [0.2, 0.25) is 0 Å². The Kier molecular flexibility index (Phi) is 0.856. The topological polar surface area (TPSA) is 36.4 Å². The molecule has 2 unspecified atom stereocenters. The van der Waals surface area contributed by atoms with Gasteiger partial charge in [0.15, 0.2) is 0 Å². The van der Waals surface area contributed by atoms with E-state index >= 15 is 0 Å². The molecule has 0 aromatic rings. The van der Waals surface area contributed by atoms with Crippen molar-refractivity contribution < 1.29 is 0 Å². The third kappa shape index (κ3) is 0.485. The zero-order valence-corrected chi connectivity index (χ0v) is 4.59. The Morgan fingerprint density at radius 1 is 1.50 bits per heavy atom. The average molecular weight is 111 g/mol. The van der Waals surface area contributed by atoms with E-state index in [4.69, 9.17) is 0 Å². The van der Waals surface area contributed by atoms with Crippen LogP contribution in [0.15, 0.2) is 4.99 Å². The Morgan fingerprint density at radius 3 is 3.38 bits per heavy atom. The normalized spacial score (nSPS) is 43.0. The standard InChI is InChI=1S/C5H9N3/c1-4-5(2-6-1)8-3-7-4/h1,4-5,7-8H,2-3H2. The minimum Gasteiger partial charge on any atom is -0.298 e. The fourth-order valence-corrected chi connectivity index (χ4v) is 1.20. The van der Waals surface area contributed by atoms with Crippen molar-refractivity contribution in [1.29, 1.82) is 0 Å². The van der Waals surface area contributed by atoms with Crippen molar-refractivity contribution in [3.05, 3.63) is 0 Å². The molecule has 2 aliphatic heterocycles. The molecule has 1 saturated heterocycles. The third-order valence-electron chi connectivity index (χ3n) is 1.70. The van der Waals surface area contributed by atoms with E-state index in [1.807, 2.05) is 6.21 Å². The molecule has 3 nitrogen and oxygen atoms in total. The highest BCUT2D eigenvalue weighted by Crippen LogP contribution is 2.03. The van der Waals surface area contributed by atoms with Gasteiger partial charge in [0.2, 0.25) is 0 Å². The second kappa shape index (κ2) is 1.53. The van der Waals surface area contributed by atoms with E-state index in [-0.39, 0.29) is 0 Å². The summed E-state index contributed by atoms with van der Waals surface area (Å²) in [6.45, 7) is 1.90. The van der Waals surface area contributed by atoms with Gasteiger partial charge in [-0.3, -0.25) is 15.6 Å². The zero-order valence-electron chi connectivity index (χ0n) is 4.59. The van der Waals surface area contributed by atoms with E-state index in [1.165, 1.54) is 0 Å². The van der Waals surface area contributed by atoms with Crippen molar-refractivity contribution in [2.75, 3.05) is 13.2 Å². The second-order valence-corrected chi connectivity index (χ2v) is 2.23. The molecule has 0 saturated carbocycles. The fraction of sp³-hybridized carbons (Fsp3) is 0.800. The summed E-state index contributed by atoms with van der Waals surface area (Å²) in [5.41, 5.74) is 0. The number of rotatable bonds is 0. The van der Waals surface area contributed by atoms with Crippen LogP contribution in [-0.2, 0) is 0 Å². The third-order valence-corrected chi connectivity index (χ3v) is 1.70. The maximum atomic E-state index is 4.12. The average Bonchev–Trinajstić information content (AvgIpc) is 2.15. The molecule has 44 valence electrons. The summed E-state index contributed by atoms with van der Waals surface area (Å²) in [5, 5.41) is 6.54. The molecule has 2 N–H and O–H groups in total. The van der Waals surface area contributed by atoms with E-state index in [2.05, 4.69) is 15.6 Å². The molecule has 2 heterocycles. The van der Waals surface area contributed by atoms with Gasteiger partial charge in [-0.2, -0.15) is 0 Å². The monoisotopic (exact) mass is 111 g/mol. The molecule has 2 rings (SSSR count). The van der Waals surface area contributed by atoms with Gasteiger partial charge in [0.1, 0.15) is 0 Å². The lowest BCUT2D eigenvalue weighted by atomic mass is 10.2. The Balaban J connectivity index is 2.13. The molecule has 0 aromatic carbocycles. The first-order valence-corrected chi connectivity index (χ1v) is 2.93. The number of aliphatic imine (C=N–C) groups is 1.